The molecule has 23 heavy (non-hydrogen) atoms. The van der Waals surface area contributed by atoms with Gasteiger partial charge in [0.25, 0.3) is 0 Å². The Morgan fingerprint density at radius 2 is 1.91 bits per heavy atom. The predicted molar refractivity (Wildman–Crippen MR) is 85.9 cm³/mol. The lowest BCUT2D eigenvalue weighted by molar-refractivity contribution is -0.116. The first-order valence-corrected chi connectivity index (χ1v) is 8.49. The molecule has 0 saturated carbocycles. The number of amides is 1. The number of sulfonamides is 1. The van der Waals surface area contributed by atoms with E-state index >= 15 is 0 Å². The van der Waals surface area contributed by atoms with E-state index in [1.807, 2.05) is 0 Å². The van der Waals surface area contributed by atoms with Crippen molar-refractivity contribution in [2.45, 2.75) is 24.2 Å². The number of nitrogens with one attached hydrogen (secondary N) is 1. The molecule has 0 heterocycles. The molecule has 0 aromatic heterocycles. The molecule has 2 aromatic carbocycles. The van der Waals surface area contributed by atoms with E-state index in [0.717, 1.165) is 0 Å². The molecule has 0 aliphatic rings. The molecule has 0 radical (unpaired) electrons. The molecule has 5 nitrogen and oxygen atoms in total. The first kappa shape index (κ1) is 17.1. The van der Waals surface area contributed by atoms with E-state index in [4.69, 9.17) is 5.14 Å². The van der Waals surface area contributed by atoms with Crippen molar-refractivity contribution in [2.24, 2.45) is 5.14 Å². The van der Waals surface area contributed by atoms with Gasteiger partial charge < -0.3 is 5.32 Å². The fourth-order valence-electron chi connectivity index (χ4n) is 2.23. The topological polar surface area (TPSA) is 89.3 Å². The number of anilines is 1. The number of primary sulfonamides is 1. The number of hydrogen-bond donors (Lipinski definition) is 2. The summed E-state index contributed by atoms with van der Waals surface area (Å²) in [6, 6.07) is 11.9. The van der Waals surface area contributed by atoms with Gasteiger partial charge in [0.2, 0.25) is 15.9 Å². The molecule has 1 atom stereocenters. The summed E-state index contributed by atoms with van der Waals surface area (Å²) in [4.78, 5) is 12.0. The smallest absolute Gasteiger partial charge is 0.238 e. The van der Waals surface area contributed by atoms with Crippen molar-refractivity contribution in [3.8, 4) is 0 Å². The maximum Gasteiger partial charge on any atom is 0.238 e. The van der Waals surface area contributed by atoms with Crippen LogP contribution in [0.25, 0.3) is 0 Å². The van der Waals surface area contributed by atoms with Crippen LogP contribution < -0.4 is 10.5 Å². The number of benzene rings is 2. The Morgan fingerprint density at radius 3 is 2.57 bits per heavy atom. The highest BCUT2D eigenvalue weighted by Crippen LogP contribution is 2.23. The van der Waals surface area contributed by atoms with Crippen LogP contribution in [0, 0.1) is 5.82 Å². The molecule has 0 aliphatic carbocycles. The molecule has 0 spiro atoms. The lowest BCUT2D eigenvalue weighted by atomic mass is 9.97. The molecule has 2 rings (SSSR count). The third-order valence-corrected chi connectivity index (χ3v) is 4.29. The third-order valence-electron chi connectivity index (χ3n) is 3.37. The van der Waals surface area contributed by atoms with Crippen molar-refractivity contribution in [3.05, 3.63) is 59.9 Å². The monoisotopic (exact) mass is 336 g/mol. The predicted octanol–water partition coefficient (Wildman–Crippen LogP) is 2.61. The average Bonchev–Trinajstić information content (AvgIpc) is 2.46. The minimum absolute atomic E-state index is 0.0700. The molecule has 7 heteroatoms. The Labute approximate surface area is 134 Å². The second-order valence-corrected chi connectivity index (χ2v) is 6.81. The van der Waals surface area contributed by atoms with Gasteiger partial charge in [0.05, 0.1) is 4.90 Å². The van der Waals surface area contributed by atoms with Gasteiger partial charge in [-0.1, -0.05) is 31.2 Å². The lowest BCUT2D eigenvalue weighted by Crippen LogP contribution is -2.16. The van der Waals surface area contributed by atoms with E-state index in [0.29, 0.717) is 11.3 Å². The molecular formula is C16H17FN2O3S. The summed E-state index contributed by atoms with van der Waals surface area (Å²) >= 11 is 0. The second kappa shape index (κ2) is 6.89. The van der Waals surface area contributed by atoms with E-state index in [1.54, 1.807) is 31.2 Å². The number of carbonyl (C=O) groups is 1. The maximum atomic E-state index is 13.7. The minimum atomic E-state index is -3.83. The number of rotatable bonds is 5. The van der Waals surface area contributed by atoms with Crippen LogP contribution in [-0.2, 0) is 14.8 Å². The standard InChI is InChI=1S/C16H17FN2O3S/c1-11(14-7-2-3-8-15(14)17)9-16(20)19-12-5-4-6-13(10-12)23(18,21)22/h2-8,10-11H,9H2,1H3,(H,19,20)(H2,18,21,22)/t11-/m1/s1. The third kappa shape index (κ3) is 4.61. The van der Waals surface area contributed by atoms with E-state index in [2.05, 4.69) is 5.32 Å². The molecule has 1 amide bonds. The van der Waals surface area contributed by atoms with Gasteiger partial charge in [0.1, 0.15) is 5.82 Å². The van der Waals surface area contributed by atoms with Gasteiger partial charge in [-0.2, -0.15) is 0 Å². The van der Waals surface area contributed by atoms with E-state index in [9.17, 15) is 17.6 Å². The Hall–Kier alpha value is -2.25. The van der Waals surface area contributed by atoms with Crippen molar-refractivity contribution in [1.82, 2.24) is 0 Å². The summed E-state index contributed by atoms with van der Waals surface area (Å²) in [6.45, 7) is 1.75. The van der Waals surface area contributed by atoms with Gasteiger partial charge >= 0.3 is 0 Å². The van der Waals surface area contributed by atoms with Crippen molar-refractivity contribution in [2.75, 3.05) is 5.32 Å². The van der Waals surface area contributed by atoms with E-state index in [-0.39, 0.29) is 29.0 Å². The van der Waals surface area contributed by atoms with Crippen LogP contribution >= 0.6 is 0 Å². The summed E-state index contributed by atoms with van der Waals surface area (Å²) in [5.41, 5.74) is 0.781. The molecule has 2 aromatic rings. The molecule has 0 aliphatic heterocycles. The van der Waals surface area contributed by atoms with Gasteiger partial charge in [-0.15, -0.1) is 0 Å². The Balaban J connectivity index is 2.07. The van der Waals surface area contributed by atoms with Gasteiger partial charge in [-0.05, 0) is 35.7 Å². The number of nitrogens with two attached hydrogens (primary N) is 1. The average molecular weight is 336 g/mol. The van der Waals surface area contributed by atoms with Crippen LogP contribution in [0.2, 0.25) is 0 Å². The molecule has 0 unspecified atom stereocenters. The fourth-order valence-corrected chi connectivity index (χ4v) is 2.79. The zero-order valence-corrected chi connectivity index (χ0v) is 13.3. The van der Waals surface area contributed by atoms with Crippen LogP contribution in [0.1, 0.15) is 24.8 Å². The first-order chi connectivity index (χ1) is 10.8. The summed E-state index contributed by atoms with van der Waals surface area (Å²) in [6.07, 6.45) is 0.0700. The summed E-state index contributed by atoms with van der Waals surface area (Å²) in [5.74, 6) is -1.01. The Kier molecular flexibility index (Phi) is 5.12. The van der Waals surface area contributed by atoms with Gasteiger partial charge in [0, 0.05) is 12.1 Å². The molecule has 0 saturated heterocycles. The van der Waals surface area contributed by atoms with Crippen molar-refractivity contribution in [1.29, 1.82) is 0 Å². The second-order valence-electron chi connectivity index (χ2n) is 5.25. The van der Waals surface area contributed by atoms with E-state index in [1.165, 1.54) is 24.3 Å². The lowest BCUT2D eigenvalue weighted by Gasteiger charge is -2.13. The molecule has 0 fully saturated rings. The highest BCUT2D eigenvalue weighted by Gasteiger charge is 2.15. The van der Waals surface area contributed by atoms with Gasteiger partial charge in [0.15, 0.2) is 0 Å². The van der Waals surface area contributed by atoms with Crippen LogP contribution in [-0.4, -0.2) is 14.3 Å². The number of hydrogen-bond acceptors (Lipinski definition) is 3. The van der Waals surface area contributed by atoms with Crippen molar-refractivity contribution < 1.29 is 17.6 Å². The minimum Gasteiger partial charge on any atom is -0.326 e. The highest BCUT2D eigenvalue weighted by molar-refractivity contribution is 7.89. The molecule has 3 N–H and O–H groups in total. The SMILES string of the molecule is C[C@H](CC(=O)Nc1cccc(S(N)(=O)=O)c1)c1ccccc1F. The van der Waals surface area contributed by atoms with Crippen molar-refractivity contribution in [3.63, 3.8) is 0 Å². The fraction of sp³-hybridized carbons (Fsp3) is 0.188. The first-order valence-electron chi connectivity index (χ1n) is 6.94. The van der Waals surface area contributed by atoms with Gasteiger partial charge in [-0.3, -0.25) is 4.79 Å². The zero-order chi connectivity index (χ0) is 17.0. The van der Waals surface area contributed by atoms with Crippen LogP contribution in [0.4, 0.5) is 10.1 Å². The Morgan fingerprint density at radius 1 is 1.22 bits per heavy atom. The quantitative estimate of drug-likeness (QED) is 0.879. The van der Waals surface area contributed by atoms with E-state index < -0.39 is 10.0 Å². The maximum absolute atomic E-state index is 13.7. The van der Waals surface area contributed by atoms with Crippen LogP contribution in [0.3, 0.4) is 0 Å². The van der Waals surface area contributed by atoms with Crippen molar-refractivity contribution >= 4 is 21.6 Å². The molecule has 122 valence electrons. The van der Waals surface area contributed by atoms with Gasteiger partial charge in [-0.25, -0.2) is 17.9 Å². The zero-order valence-electron chi connectivity index (χ0n) is 12.5. The molecular weight excluding hydrogens is 319 g/mol. The summed E-state index contributed by atoms with van der Waals surface area (Å²) in [7, 11) is -3.83. The largest absolute Gasteiger partial charge is 0.326 e. The van der Waals surface area contributed by atoms with Crippen LogP contribution in [0.5, 0.6) is 0 Å². The van der Waals surface area contributed by atoms with Crippen LogP contribution in [0.15, 0.2) is 53.4 Å². The number of halogens is 1. The Bertz CT molecular complexity index is 822. The number of carbonyl (C=O) groups excluding carboxylic acids is 1. The highest BCUT2D eigenvalue weighted by atomic mass is 32.2. The summed E-state index contributed by atoms with van der Waals surface area (Å²) in [5, 5.41) is 7.64. The molecule has 0 bridgehead atoms. The normalized spacial score (nSPS) is 12.7. The summed E-state index contributed by atoms with van der Waals surface area (Å²) < 4.78 is 36.3.